The minimum atomic E-state index is -0.529. The maximum atomic E-state index is 10.0. The SMILES string of the molecule is CN(CCCCCO)CC(O)COc1ccccc1CN. The van der Waals surface area contributed by atoms with E-state index in [1.165, 1.54) is 0 Å². The van der Waals surface area contributed by atoms with Crippen molar-refractivity contribution in [3.05, 3.63) is 29.8 Å². The van der Waals surface area contributed by atoms with Crippen LogP contribution in [0.15, 0.2) is 24.3 Å². The van der Waals surface area contributed by atoms with Crippen LogP contribution in [0.25, 0.3) is 0 Å². The zero-order valence-electron chi connectivity index (χ0n) is 12.9. The highest BCUT2D eigenvalue weighted by Crippen LogP contribution is 2.17. The summed E-state index contributed by atoms with van der Waals surface area (Å²) in [7, 11) is 1.98. The normalized spacial score (nSPS) is 12.6. The third-order valence-corrected chi connectivity index (χ3v) is 3.34. The first kappa shape index (κ1) is 17.9. The Labute approximate surface area is 127 Å². The Balaban J connectivity index is 2.25. The Bertz CT molecular complexity index is 388. The lowest BCUT2D eigenvalue weighted by Crippen LogP contribution is -2.33. The molecule has 4 N–H and O–H groups in total. The zero-order valence-corrected chi connectivity index (χ0v) is 12.9. The van der Waals surface area contributed by atoms with Crippen molar-refractivity contribution in [3.63, 3.8) is 0 Å². The Hall–Kier alpha value is -1.14. The highest BCUT2D eigenvalue weighted by atomic mass is 16.5. The molecule has 0 amide bonds. The molecule has 1 aromatic rings. The number of ether oxygens (including phenoxy) is 1. The van der Waals surface area contributed by atoms with Crippen LogP contribution in [0.2, 0.25) is 0 Å². The van der Waals surface area contributed by atoms with Crippen molar-refractivity contribution in [1.29, 1.82) is 0 Å². The molecule has 0 radical (unpaired) electrons. The lowest BCUT2D eigenvalue weighted by atomic mass is 10.2. The zero-order chi connectivity index (χ0) is 15.5. The van der Waals surface area contributed by atoms with Gasteiger partial charge >= 0.3 is 0 Å². The molecule has 0 bridgehead atoms. The van der Waals surface area contributed by atoms with Crippen LogP contribution in [-0.2, 0) is 6.54 Å². The number of aliphatic hydroxyl groups excluding tert-OH is 2. The van der Waals surface area contributed by atoms with Gasteiger partial charge in [0.15, 0.2) is 0 Å². The molecular formula is C16H28N2O3. The fraction of sp³-hybridized carbons (Fsp3) is 0.625. The van der Waals surface area contributed by atoms with Gasteiger partial charge in [0.25, 0.3) is 0 Å². The van der Waals surface area contributed by atoms with Gasteiger partial charge in [-0.1, -0.05) is 18.2 Å². The molecule has 5 heteroatoms. The second-order valence-electron chi connectivity index (χ2n) is 5.32. The van der Waals surface area contributed by atoms with Gasteiger partial charge in [-0.25, -0.2) is 0 Å². The number of rotatable bonds is 11. The van der Waals surface area contributed by atoms with Gasteiger partial charge in [0.1, 0.15) is 18.5 Å². The molecule has 0 aliphatic carbocycles. The van der Waals surface area contributed by atoms with E-state index in [9.17, 15) is 5.11 Å². The second-order valence-corrected chi connectivity index (χ2v) is 5.32. The average Bonchev–Trinajstić information content (AvgIpc) is 2.49. The third-order valence-electron chi connectivity index (χ3n) is 3.34. The second kappa shape index (κ2) is 10.6. The summed E-state index contributed by atoms with van der Waals surface area (Å²) < 4.78 is 5.64. The Morgan fingerprint density at radius 2 is 2.00 bits per heavy atom. The van der Waals surface area contributed by atoms with Crippen molar-refractivity contribution in [2.45, 2.75) is 31.9 Å². The van der Waals surface area contributed by atoms with Gasteiger partial charge in [-0.05, 0) is 38.9 Å². The third kappa shape index (κ3) is 7.43. The Kier molecular flexibility index (Phi) is 9.01. The monoisotopic (exact) mass is 296 g/mol. The summed E-state index contributed by atoms with van der Waals surface area (Å²) in [6.07, 6.45) is 2.35. The molecule has 1 atom stereocenters. The number of unbranched alkanes of at least 4 members (excludes halogenated alkanes) is 2. The molecular weight excluding hydrogens is 268 g/mol. The minimum absolute atomic E-state index is 0.251. The van der Waals surface area contributed by atoms with Gasteiger partial charge in [0.2, 0.25) is 0 Å². The summed E-state index contributed by atoms with van der Waals surface area (Å²) in [5, 5.41) is 18.7. The van der Waals surface area contributed by atoms with E-state index in [1.807, 2.05) is 31.3 Å². The van der Waals surface area contributed by atoms with Crippen molar-refractivity contribution in [2.24, 2.45) is 5.73 Å². The van der Waals surface area contributed by atoms with E-state index in [0.717, 1.165) is 37.1 Å². The molecule has 1 rings (SSSR count). The van der Waals surface area contributed by atoms with Crippen molar-refractivity contribution >= 4 is 0 Å². The molecule has 5 nitrogen and oxygen atoms in total. The average molecular weight is 296 g/mol. The number of hydrogen-bond donors (Lipinski definition) is 3. The van der Waals surface area contributed by atoms with E-state index in [-0.39, 0.29) is 13.2 Å². The lowest BCUT2D eigenvalue weighted by molar-refractivity contribution is 0.0754. The van der Waals surface area contributed by atoms with Crippen LogP contribution in [-0.4, -0.2) is 54.6 Å². The quantitative estimate of drug-likeness (QED) is 0.531. The van der Waals surface area contributed by atoms with Crippen molar-refractivity contribution in [1.82, 2.24) is 4.90 Å². The van der Waals surface area contributed by atoms with Crippen LogP contribution in [0, 0.1) is 0 Å². The van der Waals surface area contributed by atoms with Gasteiger partial charge in [-0.15, -0.1) is 0 Å². The van der Waals surface area contributed by atoms with E-state index in [1.54, 1.807) is 0 Å². The van der Waals surface area contributed by atoms with Gasteiger partial charge in [-0.2, -0.15) is 0 Å². The first-order valence-corrected chi connectivity index (χ1v) is 7.55. The first-order chi connectivity index (χ1) is 10.2. The minimum Gasteiger partial charge on any atom is -0.491 e. The first-order valence-electron chi connectivity index (χ1n) is 7.55. The fourth-order valence-corrected chi connectivity index (χ4v) is 2.17. The van der Waals surface area contributed by atoms with Crippen LogP contribution >= 0.6 is 0 Å². The van der Waals surface area contributed by atoms with Crippen LogP contribution < -0.4 is 10.5 Å². The number of nitrogens with zero attached hydrogens (tertiary/aromatic N) is 1. The fourth-order valence-electron chi connectivity index (χ4n) is 2.17. The Morgan fingerprint density at radius 1 is 1.24 bits per heavy atom. The van der Waals surface area contributed by atoms with E-state index in [0.29, 0.717) is 13.1 Å². The van der Waals surface area contributed by atoms with Crippen molar-refractivity contribution < 1.29 is 14.9 Å². The van der Waals surface area contributed by atoms with Gasteiger partial charge in [-0.3, -0.25) is 0 Å². The molecule has 0 saturated carbocycles. The molecule has 0 saturated heterocycles. The number of likely N-dealkylation sites (N-methyl/N-ethyl adjacent to an activating group) is 1. The molecule has 1 aromatic carbocycles. The molecule has 21 heavy (non-hydrogen) atoms. The summed E-state index contributed by atoms with van der Waals surface area (Å²) in [5.74, 6) is 0.740. The Morgan fingerprint density at radius 3 is 2.71 bits per heavy atom. The highest BCUT2D eigenvalue weighted by molar-refractivity contribution is 5.32. The van der Waals surface area contributed by atoms with E-state index < -0.39 is 6.10 Å². The van der Waals surface area contributed by atoms with Gasteiger partial charge < -0.3 is 25.6 Å². The molecule has 0 aliphatic heterocycles. The largest absolute Gasteiger partial charge is 0.491 e. The number of para-hydroxylation sites is 1. The van der Waals surface area contributed by atoms with E-state index >= 15 is 0 Å². The molecule has 0 heterocycles. The maximum absolute atomic E-state index is 10.0. The van der Waals surface area contributed by atoms with Gasteiger partial charge in [0.05, 0.1) is 0 Å². The number of aliphatic hydroxyl groups is 2. The molecule has 0 aliphatic rings. The van der Waals surface area contributed by atoms with E-state index in [4.69, 9.17) is 15.6 Å². The predicted octanol–water partition coefficient (Wildman–Crippen LogP) is 0.979. The molecule has 0 fully saturated rings. The number of hydrogen-bond acceptors (Lipinski definition) is 5. The van der Waals surface area contributed by atoms with Crippen LogP contribution in [0.4, 0.5) is 0 Å². The predicted molar refractivity (Wildman–Crippen MR) is 84.3 cm³/mol. The van der Waals surface area contributed by atoms with Crippen molar-refractivity contribution in [2.75, 3.05) is 33.4 Å². The number of benzene rings is 1. The summed E-state index contributed by atoms with van der Waals surface area (Å²) in [6.45, 7) is 2.43. The summed E-state index contributed by atoms with van der Waals surface area (Å²) in [5.41, 5.74) is 6.60. The maximum Gasteiger partial charge on any atom is 0.123 e. The standard InChI is InChI=1S/C16H28N2O3/c1-18(9-5-2-6-10-19)12-15(20)13-21-16-8-4-3-7-14(16)11-17/h3-4,7-8,15,19-20H,2,5-6,9-13,17H2,1H3. The smallest absolute Gasteiger partial charge is 0.123 e. The van der Waals surface area contributed by atoms with Crippen molar-refractivity contribution in [3.8, 4) is 5.75 Å². The van der Waals surface area contributed by atoms with Gasteiger partial charge in [0, 0.05) is 25.3 Å². The number of nitrogens with two attached hydrogens (primary N) is 1. The topological polar surface area (TPSA) is 79.0 Å². The van der Waals surface area contributed by atoms with Crippen LogP contribution in [0.1, 0.15) is 24.8 Å². The molecule has 0 aromatic heterocycles. The summed E-state index contributed by atoms with van der Waals surface area (Å²) in [4.78, 5) is 2.08. The van der Waals surface area contributed by atoms with Crippen LogP contribution in [0.5, 0.6) is 5.75 Å². The molecule has 120 valence electrons. The van der Waals surface area contributed by atoms with E-state index in [2.05, 4.69) is 4.90 Å². The van der Waals surface area contributed by atoms with Crippen LogP contribution in [0.3, 0.4) is 0 Å². The molecule has 0 spiro atoms. The summed E-state index contributed by atoms with van der Waals surface area (Å²) in [6, 6.07) is 7.61. The highest BCUT2D eigenvalue weighted by Gasteiger charge is 2.10. The summed E-state index contributed by atoms with van der Waals surface area (Å²) >= 11 is 0. The molecule has 1 unspecified atom stereocenters. The lowest BCUT2D eigenvalue weighted by Gasteiger charge is -2.21.